The molecule has 0 amide bonds. The fraction of sp³-hybridized carbons (Fsp3) is 0.200. The zero-order valence-corrected chi connectivity index (χ0v) is 12.7. The Morgan fingerprint density at radius 2 is 1.45 bits per heavy atom. The van der Waals surface area contributed by atoms with Crippen LogP contribution >= 0.6 is 23.2 Å². The van der Waals surface area contributed by atoms with Gasteiger partial charge in [0.2, 0.25) is 5.75 Å². The Morgan fingerprint density at radius 3 is 2.00 bits per heavy atom. The molecular weight excluding hydrogens is 299 g/mol. The van der Waals surface area contributed by atoms with Crippen molar-refractivity contribution >= 4 is 23.2 Å². The zero-order chi connectivity index (χ0) is 14.5. The molecule has 0 saturated carbocycles. The highest BCUT2D eigenvalue weighted by molar-refractivity contribution is 6.32. The third-order valence-corrected chi connectivity index (χ3v) is 3.43. The first kappa shape index (κ1) is 14.8. The number of methoxy groups -OCH3 is 2. The second-order valence-corrected chi connectivity index (χ2v) is 4.62. The average molecular weight is 313 g/mol. The van der Waals surface area contributed by atoms with Gasteiger partial charge in [0.1, 0.15) is 5.75 Å². The highest BCUT2D eigenvalue weighted by atomic mass is 35.5. The summed E-state index contributed by atoms with van der Waals surface area (Å²) in [6.45, 7) is 0. The third kappa shape index (κ3) is 2.94. The first-order valence-corrected chi connectivity index (χ1v) is 6.84. The molecule has 0 heterocycles. The Hall–Kier alpha value is -1.58. The van der Waals surface area contributed by atoms with Gasteiger partial charge in [-0.15, -0.1) is 11.6 Å². The van der Waals surface area contributed by atoms with E-state index in [1.807, 2.05) is 6.07 Å². The quantitative estimate of drug-likeness (QED) is 0.736. The van der Waals surface area contributed by atoms with Crippen molar-refractivity contribution in [3.8, 4) is 23.0 Å². The summed E-state index contributed by atoms with van der Waals surface area (Å²) in [6.07, 6.45) is 0. The van der Waals surface area contributed by atoms with Crippen molar-refractivity contribution in [3.05, 3.63) is 47.0 Å². The Labute approximate surface area is 128 Å². The topological polar surface area (TPSA) is 27.7 Å². The van der Waals surface area contributed by atoms with E-state index in [0.717, 1.165) is 5.56 Å². The first-order chi connectivity index (χ1) is 9.71. The maximum Gasteiger partial charge on any atom is 0.211 e. The van der Waals surface area contributed by atoms with Crippen LogP contribution < -0.4 is 14.2 Å². The van der Waals surface area contributed by atoms with Gasteiger partial charge in [-0.1, -0.05) is 23.7 Å². The van der Waals surface area contributed by atoms with Gasteiger partial charge in [0.25, 0.3) is 0 Å². The van der Waals surface area contributed by atoms with Gasteiger partial charge in [-0.05, 0) is 24.3 Å². The smallest absolute Gasteiger partial charge is 0.211 e. The van der Waals surface area contributed by atoms with Crippen molar-refractivity contribution < 1.29 is 14.2 Å². The molecule has 2 aromatic carbocycles. The molecule has 0 spiro atoms. The van der Waals surface area contributed by atoms with Crippen LogP contribution in [0.25, 0.3) is 0 Å². The number of rotatable bonds is 5. The maximum absolute atomic E-state index is 6.12. The molecular formula is C15H14Cl2O3. The van der Waals surface area contributed by atoms with Gasteiger partial charge in [-0.3, -0.25) is 0 Å². The lowest BCUT2D eigenvalue weighted by Crippen LogP contribution is -1.96. The molecule has 0 aliphatic heterocycles. The van der Waals surface area contributed by atoms with E-state index in [-0.39, 0.29) is 5.88 Å². The first-order valence-electron chi connectivity index (χ1n) is 5.93. The van der Waals surface area contributed by atoms with Crippen molar-refractivity contribution in [3.63, 3.8) is 0 Å². The summed E-state index contributed by atoms with van der Waals surface area (Å²) in [4.78, 5) is 0. The van der Waals surface area contributed by atoms with Crippen molar-refractivity contribution in [1.29, 1.82) is 0 Å². The van der Waals surface area contributed by atoms with E-state index in [2.05, 4.69) is 0 Å². The molecule has 0 aliphatic carbocycles. The normalized spacial score (nSPS) is 10.2. The summed E-state index contributed by atoms with van der Waals surface area (Å²) in [5, 5.41) is 0.561. The maximum atomic E-state index is 6.12. The van der Waals surface area contributed by atoms with Gasteiger partial charge in [0.15, 0.2) is 11.5 Å². The van der Waals surface area contributed by atoms with E-state index in [4.69, 9.17) is 37.4 Å². The van der Waals surface area contributed by atoms with Gasteiger partial charge in [0.05, 0.1) is 20.1 Å². The SMILES string of the molecule is COc1cccc(OC)c1Oc1cccc(Cl)c1CCl. The van der Waals surface area contributed by atoms with E-state index >= 15 is 0 Å². The summed E-state index contributed by atoms with van der Waals surface area (Å²) >= 11 is 12.0. The summed E-state index contributed by atoms with van der Waals surface area (Å²) in [6, 6.07) is 10.8. The number of ether oxygens (including phenoxy) is 3. The Morgan fingerprint density at radius 1 is 0.900 bits per heavy atom. The van der Waals surface area contributed by atoms with Crippen molar-refractivity contribution in [2.24, 2.45) is 0 Å². The largest absolute Gasteiger partial charge is 0.493 e. The molecule has 5 heteroatoms. The third-order valence-electron chi connectivity index (χ3n) is 2.80. The van der Waals surface area contributed by atoms with E-state index in [1.165, 1.54) is 0 Å². The van der Waals surface area contributed by atoms with E-state index < -0.39 is 0 Å². The van der Waals surface area contributed by atoms with Crippen LogP contribution in [0.5, 0.6) is 23.0 Å². The highest BCUT2D eigenvalue weighted by Gasteiger charge is 2.15. The number of para-hydroxylation sites is 1. The van der Waals surface area contributed by atoms with Gasteiger partial charge >= 0.3 is 0 Å². The fourth-order valence-electron chi connectivity index (χ4n) is 1.79. The molecule has 0 unspecified atom stereocenters. The zero-order valence-electron chi connectivity index (χ0n) is 11.2. The second-order valence-electron chi connectivity index (χ2n) is 3.94. The van der Waals surface area contributed by atoms with Gasteiger partial charge in [-0.2, -0.15) is 0 Å². The van der Waals surface area contributed by atoms with E-state index in [9.17, 15) is 0 Å². The molecule has 20 heavy (non-hydrogen) atoms. The standard InChI is InChI=1S/C15H14Cl2O3/c1-18-13-7-4-8-14(19-2)15(13)20-12-6-3-5-11(17)10(12)9-16/h3-8H,9H2,1-2H3. The van der Waals surface area contributed by atoms with Crippen LogP contribution in [0.4, 0.5) is 0 Å². The predicted octanol–water partition coefficient (Wildman–Crippen LogP) is 4.89. The number of hydrogen-bond acceptors (Lipinski definition) is 3. The molecule has 0 atom stereocenters. The van der Waals surface area contributed by atoms with Crippen molar-refractivity contribution in [2.45, 2.75) is 5.88 Å². The summed E-state index contributed by atoms with van der Waals surface area (Å²) in [7, 11) is 3.14. The number of alkyl halides is 1. The van der Waals surface area contributed by atoms with Crippen LogP contribution in [-0.4, -0.2) is 14.2 Å². The fourth-order valence-corrected chi connectivity index (χ4v) is 2.37. The molecule has 0 fully saturated rings. The van der Waals surface area contributed by atoms with Crippen LogP contribution in [0, 0.1) is 0 Å². The van der Waals surface area contributed by atoms with Crippen LogP contribution in [0.2, 0.25) is 5.02 Å². The Kier molecular flexibility index (Phi) is 4.99. The number of hydrogen-bond donors (Lipinski definition) is 0. The molecule has 3 nitrogen and oxygen atoms in total. The molecule has 0 radical (unpaired) electrons. The molecule has 0 aliphatic rings. The molecule has 2 aromatic rings. The second kappa shape index (κ2) is 6.73. The molecule has 0 aromatic heterocycles. The lowest BCUT2D eigenvalue weighted by molar-refractivity contribution is 0.345. The summed E-state index contributed by atoms with van der Waals surface area (Å²) < 4.78 is 16.5. The predicted molar refractivity (Wildman–Crippen MR) is 80.6 cm³/mol. The minimum Gasteiger partial charge on any atom is -0.493 e. The molecule has 0 saturated heterocycles. The van der Waals surface area contributed by atoms with Crippen molar-refractivity contribution in [2.75, 3.05) is 14.2 Å². The van der Waals surface area contributed by atoms with Crippen LogP contribution in [-0.2, 0) is 5.88 Å². The van der Waals surface area contributed by atoms with E-state index in [1.54, 1.807) is 44.6 Å². The van der Waals surface area contributed by atoms with Crippen molar-refractivity contribution in [1.82, 2.24) is 0 Å². The highest BCUT2D eigenvalue weighted by Crippen LogP contribution is 2.41. The summed E-state index contributed by atoms with van der Waals surface area (Å²) in [5.41, 5.74) is 0.726. The van der Waals surface area contributed by atoms with E-state index in [0.29, 0.717) is 28.0 Å². The van der Waals surface area contributed by atoms with Gasteiger partial charge in [-0.25, -0.2) is 0 Å². The van der Waals surface area contributed by atoms with Gasteiger partial charge < -0.3 is 14.2 Å². The van der Waals surface area contributed by atoms with Crippen LogP contribution in [0.1, 0.15) is 5.56 Å². The minimum absolute atomic E-state index is 0.256. The average Bonchev–Trinajstić information content (AvgIpc) is 2.47. The molecule has 106 valence electrons. The minimum atomic E-state index is 0.256. The Bertz CT molecular complexity index is 577. The summed E-state index contributed by atoms with van der Waals surface area (Å²) in [5.74, 6) is 2.48. The molecule has 0 bridgehead atoms. The van der Waals surface area contributed by atoms with Crippen LogP contribution in [0.3, 0.4) is 0 Å². The Balaban J connectivity index is 2.47. The number of halogens is 2. The molecule has 2 rings (SSSR count). The monoisotopic (exact) mass is 312 g/mol. The molecule has 0 N–H and O–H groups in total. The van der Waals surface area contributed by atoms with Crippen LogP contribution in [0.15, 0.2) is 36.4 Å². The lowest BCUT2D eigenvalue weighted by atomic mass is 10.2. The number of benzene rings is 2. The van der Waals surface area contributed by atoms with Gasteiger partial charge in [0, 0.05) is 10.6 Å². The lowest BCUT2D eigenvalue weighted by Gasteiger charge is -2.16.